The number of rotatable bonds is 2. The summed E-state index contributed by atoms with van der Waals surface area (Å²) in [6.45, 7) is 2.17. The van der Waals surface area contributed by atoms with Gasteiger partial charge in [0.15, 0.2) is 0 Å². The molecule has 0 radical (unpaired) electrons. The van der Waals surface area contributed by atoms with Gasteiger partial charge in [-0.15, -0.1) is 0 Å². The summed E-state index contributed by atoms with van der Waals surface area (Å²) in [5, 5.41) is 15.3. The quantitative estimate of drug-likeness (QED) is 0.492. The van der Waals surface area contributed by atoms with Crippen LogP contribution in [0, 0.1) is 0 Å². The molecule has 1 nitrogen and oxygen atoms in total. The highest BCUT2D eigenvalue weighted by molar-refractivity contribution is 5.91. The highest BCUT2D eigenvalue weighted by atomic mass is 16.3. The van der Waals surface area contributed by atoms with E-state index in [9.17, 15) is 5.11 Å². The Labute approximate surface area is 135 Å². The number of phenols is 1. The zero-order valence-electron chi connectivity index (χ0n) is 13.0. The van der Waals surface area contributed by atoms with Crippen LogP contribution in [0.4, 0.5) is 0 Å². The van der Waals surface area contributed by atoms with E-state index in [1.165, 1.54) is 16.3 Å². The second-order valence-corrected chi connectivity index (χ2v) is 6.01. The van der Waals surface area contributed by atoms with Crippen LogP contribution in [-0.4, -0.2) is 5.11 Å². The molecular formula is C22H18O. The van der Waals surface area contributed by atoms with E-state index in [2.05, 4.69) is 61.5 Å². The lowest BCUT2D eigenvalue weighted by atomic mass is 9.86. The normalized spacial score (nSPS) is 12.6. The van der Waals surface area contributed by atoms with Gasteiger partial charge in [0, 0.05) is 11.5 Å². The molecule has 0 fully saturated rings. The summed E-state index contributed by atoms with van der Waals surface area (Å²) in [6, 6.07) is 26.8. The van der Waals surface area contributed by atoms with Crippen molar-refractivity contribution in [2.45, 2.75) is 12.8 Å². The lowest BCUT2D eigenvalue weighted by Gasteiger charge is -2.19. The largest absolute Gasteiger partial charge is 0.508 e. The maximum absolute atomic E-state index is 10.5. The molecule has 0 spiro atoms. The van der Waals surface area contributed by atoms with Crippen molar-refractivity contribution >= 4 is 21.5 Å². The van der Waals surface area contributed by atoms with E-state index in [0.717, 1.165) is 16.3 Å². The predicted molar refractivity (Wildman–Crippen MR) is 97.1 cm³/mol. The molecule has 0 saturated heterocycles. The summed E-state index contributed by atoms with van der Waals surface area (Å²) in [5.74, 6) is 0.483. The van der Waals surface area contributed by atoms with Crippen LogP contribution in [0.15, 0.2) is 78.9 Å². The van der Waals surface area contributed by atoms with Crippen LogP contribution < -0.4 is 0 Å². The topological polar surface area (TPSA) is 20.2 Å². The molecule has 1 N–H and O–H groups in total. The van der Waals surface area contributed by atoms with Crippen molar-refractivity contribution in [1.82, 2.24) is 0 Å². The summed E-state index contributed by atoms with van der Waals surface area (Å²) < 4.78 is 0. The molecule has 0 amide bonds. The van der Waals surface area contributed by atoms with Gasteiger partial charge in [-0.1, -0.05) is 79.7 Å². The molecule has 0 aliphatic rings. The molecule has 0 aromatic heterocycles. The molecule has 4 aromatic rings. The maximum Gasteiger partial charge on any atom is 0.120 e. The van der Waals surface area contributed by atoms with E-state index in [4.69, 9.17) is 0 Å². The lowest BCUT2D eigenvalue weighted by molar-refractivity contribution is 0.467. The Morgan fingerprint density at radius 2 is 1.26 bits per heavy atom. The molecule has 0 aliphatic heterocycles. The van der Waals surface area contributed by atoms with Crippen LogP contribution in [0.5, 0.6) is 5.75 Å². The Balaban J connectivity index is 1.99. The van der Waals surface area contributed by atoms with Crippen molar-refractivity contribution in [2.75, 3.05) is 0 Å². The average Bonchev–Trinajstić information content (AvgIpc) is 2.60. The number of aromatic hydroxyl groups is 1. The lowest BCUT2D eigenvalue weighted by Crippen LogP contribution is -1.99. The van der Waals surface area contributed by atoms with Gasteiger partial charge in [0.25, 0.3) is 0 Å². The first-order valence-electron chi connectivity index (χ1n) is 7.94. The fraction of sp³-hybridized carbons (Fsp3) is 0.0909. The fourth-order valence-electron chi connectivity index (χ4n) is 3.52. The molecule has 0 heterocycles. The summed E-state index contributed by atoms with van der Waals surface area (Å²) in [4.78, 5) is 0. The maximum atomic E-state index is 10.5. The summed E-state index contributed by atoms with van der Waals surface area (Å²) in [7, 11) is 0. The number of hydrogen-bond donors (Lipinski definition) is 1. The van der Waals surface area contributed by atoms with Gasteiger partial charge in [0.1, 0.15) is 5.75 Å². The van der Waals surface area contributed by atoms with Gasteiger partial charge in [-0.05, 0) is 33.2 Å². The Morgan fingerprint density at radius 1 is 0.652 bits per heavy atom. The van der Waals surface area contributed by atoms with Crippen LogP contribution >= 0.6 is 0 Å². The Kier molecular flexibility index (Phi) is 3.27. The highest BCUT2D eigenvalue weighted by Gasteiger charge is 2.17. The minimum atomic E-state index is 0.118. The molecule has 0 saturated carbocycles. The first kappa shape index (κ1) is 13.8. The third kappa shape index (κ3) is 2.25. The summed E-state index contributed by atoms with van der Waals surface area (Å²) in [5.41, 5.74) is 2.24. The Bertz CT molecular complexity index is 996. The van der Waals surface area contributed by atoms with Crippen molar-refractivity contribution in [3.63, 3.8) is 0 Å². The SMILES string of the molecule is CC(c1cccc2ccccc12)c1c(O)ccc2ccccc12. The second-order valence-electron chi connectivity index (χ2n) is 6.01. The molecule has 4 aromatic carbocycles. The van der Waals surface area contributed by atoms with Crippen LogP contribution in [0.2, 0.25) is 0 Å². The van der Waals surface area contributed by atoms with Gasteiger partial charge < -0.3 is 5.11 Å². The van der Waals surface area contributed by atoms with Gasteiger partial charge in [-0.2, -0.15) is 0 Å². The molecule has 0 bridgehead atoms. The van der Waals surface area contributed by atoms with Crippen molar-refractivity contribution in [2.24, 2.45) is 0 Å². The molecule has 1 unspecified atom stereocenters. The molecule has 4 rings (SSSR count). The van der Waals surface area contributed by atoms with Gasteiger partial charge in [0.05, 0.1) is 0 Å². The second kappa shape index (κ2) is 5.44. The molecule has 1 heteroatoms. The average molecular weight is 298 g/mol. The van der Waals surface area contributed by atoms with Gasteiger partial charge in [-0.25, -0.2) is 0 Å². The predicted octanol–water partition coefficient (Wildman–Crippen LogP) is 5.85. The Morgan fingerprint density at radius 3 is 2.04 bits per heavy atom. The van der Waals surface area contributed by atoms with Crippen molar-refractivity contribution in [3.8, 4) is 5.75 Å². The van der Waals surface area contributed by atoms with Gasteiger partial charge >= 0.3 is 0 Å². The van der Waals surface area contributed by atoms with Crippen molar-refractivity contribution in [3.05, 3.63) is 90.0 Å². The molecule has 1 atom stereocenters. The smallest absolute Gasteiger partial charge is 0.120 e. The first-order chi connectivity index (χ1) is 11.3. The number of phenolic OH excluding ortho intramolecular Hbond substituents is 1. The minimum absolute atomic E-state index is 0.118. The first-order valence-corrected chi connectivity index (χ1v) is 7.94. The van der Waals surface area contributed by atoms with E-state index in [1.54, 1.807) is 6.07 Å². The van der Waals surface area contributed by atoms with Crippen LogP contribution in [0.25, 0.3) is 21.5 Å². The van der Waals surface area contributed by atoms with E-state index in [0.29, 0.717) is 5.75 Å². The Hall–Kier alpha value is -2.80. The van der Waals surface area contributed by atoms with Crippen molar-refractivity contribution < 1.29 is 5.11 Å². The minimum Gasteiger partial charge on any atom is -0.508 e. The van der Waals surface area contributed by atoms with Gasteiger partial charge in [-0.3, -0.25) is 0 Å². The summed E-state index contributed by atoms with van der Waals surface area (Å²) in [6.07, 6.45) is 0. The van der Waals surface area contributed by atoms with Gasteiger partial charge in [0.2, 0.25) is 0 Å². The third-order valence-corrected chi connectivity index (χ3v) is 4.67. The third-order valence-electron chi connectivity index (χ3n) is 4.67. The molecule has 112 valence electrons. The van der Waals surface area contributed by atoms with E-state index >= 15 is 0 Å². The molecule has 0 aliphatic carbocycles. The zero-order chi connectivity index (χ0) is 15.8. The highest BCUT2D eigenvalue weighted by Crippen LogP contribution is 2.39. The van der Waals surface area contributed by atoms with E-state index < -0.39 is 0 Å². The van der Waals surface area contributed by atoms with Crippen LogP contribution in [0.3, 0.4) is 0 Å². The molecular weight excluding hydrogens is 280 g/mol. The van der Waals surface area contributed by atoms with Crippen molar-refractivity contribution in [1.29, 1.82) is 0 Å². The van der Waals surface area contributed by atoms with Crippen LogP contribution in [0.1, 0.15) is 24.0 Å². The summed E-state index contributed by atoms with van der Waals surface area (Å²) >= 11 is 0. The van der Waals surface area contributed by atoms with Crippen LogP contribution in [-0.2, 0) is 0 Å². The molecule has 23 heavy (non-hydrogen) atoms. The van der Waals surface area contributed by atoms with E-state index in [1.807, 2.05) is 18.2 Å². The fourth-order valence-corrected chi connectivity index (χ4v) is 3.52. The standard InChI is InChI=1S/C22H18O/c1-15(18-12-6-9-16-7-2-4-10-19(16)18)22-20-11-5-3-8-17(20)13-14-21(22)23/h2-15,23H,1H3. The van der Waals surface area contributed by atoms with E-state index in [-0.39, 0.29) is 5.92 Å². The number of fused-ring (bicyclic) bond motifs is 2. The number of hydrogen-bond acceptors (Lipinski definition) is 1. The monoisotopic (exact) mass is 298 g/mol. The zero-order valence-corrected chi connectivity index (χ0v) is 13.0. The number of benzene rings is 4.